The third-order valence-corrected chi connectivity index (χ3v) is 3.85. The van der Waals surface area contributed by atoms with Crippen LogP contribution >= 0.6 is 0 Å². The molecule has 0 spiro atoms. The van der Waals surface area contributed by atoms with Gasteiger partial charge >= 0.3 is 0 Å². The van der Waals surface area contributed by atoms with Gasteiger partial charge in [0.25, 0.3) is 0 Å². The van der Waals surface area contributed by atoms with Gasteiger partial charge in [0.1, 0.15) is 11.6 Å². The Morgan fingerprint density at radius 1 is 1.24 bits per heavy atom. The lowest BCUT2D eigenvalue weighted by atomic mass is 10.2. The Kier molecular flexibility index (Phi) is 5.68. The van der Waals surface area contributed by atoms with E-state index in [1.807, 2.05) is 12.1 Å². The smallest absolute Gasteiger partial charge is 0.139 e. The van der Waals surface area contributed by atoms with Crippen molar-refractivity contribution >= 4 is 11.5 Å². The molecule has 21 heavy (non-hydrogen) atoms. The Balaban J connectivity index is 1.74. The van der Waals surface area contributed by atoms with E-state index < -0.39 is 0 Å². The van der Waals surface area contributed by atoms with Crippen molar-refractivity contribution in [1.29, 1.82) is 0 Å². The molecule has 0 unspecified atom stereocenters. The molecule has 0 amide bonds. The number of nitrogens with zero attached hydrogens (tertiary/aromatic N) is 3. The molecule has 0 aliphatic carbocycles. The number of hydrogen-bond donors (Lipinski definition) is 2. The van der Waals surface area contributed by atoms with E-state index >= 15 is 0 Å². The van der Waals surface area contributed by atoms with E-state index in [2.05, 4.69) is 27.1 Å². The average Bonchev–Trinajstić information content (AvgIpc) is 2.55. The summed E-state index contributed by atoms with van der Waals surface area (Å²) >= 11 is 0. The molecule has 0 bridgehead atoms. The van der Waals surface area contributed by atoms with Crippen molar-refractivity contribution in [3.63, 3.8) is 0 Å². The maximum Gasteiger partial charge on any atom is 0.139 e. The van der Waals surface area contributed by atoms with Crippen molar-refractivity contribution in [3.05, 3.63) is 24.3 Å². The van der Waals surface area contributed by atoms with Gasteiger partial charge in [0.2, 0.25) is 0 Å². The molecule has 0 atom stereocenters. The molecule has 1 fully saturated rings. The zero-order valence-electron chi connectivity index (χ0n) is 12.5. The summed E-state index contributed by atoms with van der Waals surface area (Å²) in [4.78, 5) is 4.81. The molecule has 0 saturated carbocycles. The van der Waals surface area contributed by atoms with Crippen molar-refractivity contribution in [2.45, 2.75) is 12.8 Å². The van der Waals surface area contributed by atoms with Crippen molar-refractivity contribution < 1.29 is 9.94 Å². The second kappa shape index (κ2) is 7.73. The average molecular weight is 292 g/mol. The fraction of sp³-hybridized carbons (Fsp3) is 0.533. The van der Waals surface area contributed by atoms with Crippen molar-refractivity contribution in [2.24, 2.45) is 10.9 Å². The van der Waals surface area contributed by atoms with Crippen LogP contribution in [0.3, 0.4) is 0 Å². The van der Waals surface area contributed by atoms with E-state index in [0.29, 0.717) is 12.3 Å². The summed E-state index contributed by atoms with van der Waals surface area (Å²) in [5.74, 6) is 1.20. The van der Waals surface area contributed by atoms with E-state index in [-0.39, 0.29) is 0 Å². The van der Waals surface area contributed by atoms with Gasteiger partial charge in [-0.05, 0) is 37.2 Å². The van der Waals surface area contributed by atoms with E-state index in [0.717, 1.165) is 44.9 Å². The van der Waals surface area contributed by atoms with Gasteiger partial charge in [0, 0.05) is 38.3 Å². The molecule has 3 N–H and O–H groups in total. The highest BCUT2D eigenvalue weighted by Gasteiger charge is 2.16. The number of nitrogens with two attached hydrogens (primary N) is 1. The first kappa shape index (κ1) is 15.4. The molecule has 1 aliphatic rings. The zero-order chi connectivity index (χ0) is 15.1. The van der Waals surface area contributed by atoms with E-state index in [1.165, 1.54) is 5.69 Å². The molecule has 0 aromatic heterocycles. The lowest BCUT2D eigenvalue weighted by Gasteiger charge is -2.36. The number of benzene rings is 1. The lowest BCUT2D eigenvalue weighted by Crippen LogP contribution is -2.46. The molecular formula is C15H24N4O2. The maximum absolute atomic E-state index is 8.50. The van der Waals surface area contributed by atoms with Crippen LogP contribution < -0.4 is 15.4 Å². The van der Waals surface area contributed by atoms with Crippen LogP contribution in [-0.2, 0) is 0 Å². The lowest BCUT2D eigenvalue weighted by molar-refractivity contribution is 0.255. The molecule has 1 saturated heterocycles. The Morgan fingerprint density at radius 3 is 2.48 bits per heavy atom. The van der Waals surface area contributed by atoms with Crippen LogP contribution in [0.4, 0.5) is 5.69 Å². The predicted molar refractivity (Wildman–Crippen MR) is 84.3 cm³/mol. The SMILES string of the molecule is COc1ccc(N2CCN(CCC/C(N)=N/O)CC2)cc1. The van der Waals surface area contributed by atoms with Gasteiger partial charge in [0.15, 0.2) is 0 Å². The van der Waals surface area contributed by atoms with Gasteiger partial charge in [-0.25, -0.2) is 0 Å². The third-order valence-electron chi connectivity index (χ3n) is 3.85. The van der Waals surface area contributed by atoms with Crippen LogP contribution in [0, 0.1) is 0 Å². The predicted octanol–water partition coefficient (Wildman–Crippen LogP) is 1.34. The minimum absolute atomic E-state index is 0.312. The van der Waals surface area contributed by atoms with E-state index in [9.17, 15) is 0 Å². The number of piperazine rings is 1. The summed E-state index contributed by atoms with van der Waals surface area (Å²) < 4.78 is 5.18. The number of rotatable bonds is 6. The summed E-state index contributed by atoms with van der Waals surface area (Å²) in [6.07, 6.45) is 1.58. The molecule has 0 radical (unpaired) electrons. The number of oxime groups is 1. The number of ether oxygens (including phenoxy) is 1. The van der Waals surface area contributed by atoms with Crippen LogP contribution in [0.1, 0.15) is 12.8 Å². The summed E-state index contributed by atoms with van der Waals surface area (Å²) in [7, 11) is 1.68. The number of methoxy groups -OCH3 is 1. The van der Waals surface area contributed by atoms with Crippen LogP contribution in [-0.4, -0.2) is 55.8 Å². The first-order chi connectivity index (χ1) is 10.2. The summed E-state index contributed by atoms with van der Waals surface area (Å²) in [5, 5.41) is 11.5. The minimum Gasteiger partial charge on any atom is -0.497 e. The largest absolute Gasteiger partial charge is 0.497 e. The number of anilines is 1. The maximum atomic E-state index is 8.50. The quantitative estimate of drug-likeness (QED) is 0.358. The topological polar surface area (TPSA) is 74.3 Å². The fourth-order valence-corrected chi connectivity index (χ4v) is 2.56. The fourth-order valence-electron chi connectivity index (χ4n) is 2.56. The Labute approximate surface area is 125 Å². The highest BCUT2D eigenvalue weighted by atomic mass is 16.5. The second-order valence-corrected chi connectivity index (χ2v) is 5.22. The molecule has 6 nitrogen and oxygen atoms in total. The Bertz CT molecular complexity index is 453. The number of hydrogen-bond acceptors (Lipinski definition) is 5. The van der Waals surface area contributed by atoms with Crippen LogP contribution in [0.15, 0.2) is 29.4 Å². The summed E-state index contributed by atoms with van der Waals surface area (Å²) in [6.45, 7) is 5.13. The van der Waals surface area contributed by atoms with E-state index in [1.54, 1.807) is 7.11 Å². The molecule has 1 aromatic carbocycles. The summed E-state index contributed by atoms with van der Waals surface area (Å²) in [5.41, 5.74) is 6.72. The highest BCUT2D eigenvalue weighted by molar-refractivity contribution is 5.79. The molecule has 1 aromatic rings. The summed E-state index contributed by atoms with van der Waals surface area (Å²) in [6, 6.07) is 8.21. The van der Waals surface area contributed by atoms with Gasteiger partial charge in [-0.15, -0.1) is 0 Å². The molecule has 1 heterocycles. The van der Waals surface area contributed by atoms with Crippen LogP contribution in [0.5, 0.6) is 5.75 Å². The zero-order valence-corrected chi connectivity index (χ0v) is 12.5. The van der Waals surface area contributed by atoms with Crippen molar-refractivity contribution in [1.82, 2.24) is 4.90 Å². The van der Waals surface area contributed by atoms with Crippen molar-refractivity contribution in [2.75, 3.05) is 44.7 Å². The molecule has 6 heteroatoms. The minimum atomic E-state index is 0.312. The van der Waals surface area contributed by atoms with Crippen molar-refractivity contribution in [3.8, 4) is 5.75 Å². The Morgan fingerprint density at radius 2 is 1.90 bits per heavy atom. The standard InChI is InChI=1S/C15H24N4O2/c1-21-14-6-4-13(5-7-14)19-11-9-18(10-12-19)8-2-3-15(16)17-20/h4-7,20H,2-3,8-12H2,1H3,(H2,16,17). The molecule has 1 aliphatic heterocycles. The van der Waals surface area contributed by atoms with Gasteiger partial charge in [-0.1, -0.05) is 5.16 Å². The van der Waals surface area contributed by atoms with Gasteiger partial charge in [0.05, 0.1) is 7.11 Å². The molecule has 116 valence electrons. The molecule has 2 rings (SSSR count). The van der Waals surface area contributed by atoms with Gasteiger partial charge < -0.3 is 20.6 Å². The highest BCUT2D eigenvalue weighted by Crippen LogP contribution is 2.20. The molecular weight excluding hydrogens is 268 g/mol. The first-order valence-corrected chi connectivity index (χ1v) is 7.30. The van der Waals surface area contributed by atoms with Crippen LogP contribution in [0.2, 0.25) is 0 Å². The third kappa shape index (κ3) is 4.53. The second-order valence-electron chi connectivity index (χ2n) is 5.22. The van der Waals surface area contributed by atoms with E-state index in [4.69, 9.17) is 15.7 Å². The van der Waals surface area contributed by atoms with Crippen LogP contribution in [0.25, 0.3) is 0 Å². The van der Waals surface area contributed by atoms with Gasteiger partial charge in [-0.2, -0.15) is 0 Å². The number of amidine groups is 1. The Hall–Kier alpha value is -1.95. The first-order valence-electron chi connectivity index (χ1n) is 7.30. The van der Waals surface area contributed by atoms with Gasteiger partial charge in [-0.3, -0.25) is 4.90 Å². The normalized spacial score (nSPS) is 17.0. The monoisotopic (exact) mass is 292 g/mol.